The Morgan fingerprint density at radius 1 is 1.42 bits per heavy atom. The first-order chi connectivity index (χ1) is 8.90. The molecule has 19 heavy (non-hydrogen) atoms. The normalized spacial score (nSPS) is 47.4. The van der Waals surface area contributed by atoms with Crippen molar-refractivity contribution in [3.63, 3.8) is 0 Å². The van der Waals surface area contributed by atoms with E-state index in [1.165, 1.54) is 0 Å². The molecule has 2 N–H and O–H groups in total. The third-order valence-electron chi connectivity index (χ3n) is 5.11. The summed E-state index contributed by atoms with van der Waals surface area (Å²) < 4.78 is -0.408. The van der Waals surface area contributed by atoms with Crippen molar-refractivity contribution in [3.05, 3.63) is 0 Å². The molecule has 3 fully saturated rings. The van der Waals surface area contributed by atoms with Crippen molar-refractivity contribution in [3.8, 4) is 0 Å². The van der Waals surface area contributed by atoms with E-state index in [9.17, 15) is 9.90 Å². The van der Waals surface area contributed by atoms with E-state index in [1.807, 2.05) is 6.92 Å². The lowest BCUT2D eigenvalue weighted by atomic mass is 9.93. The maximum atomic E-state index is 12.1. The van der Waals surface area contributed by atoms with Crippen LogP contribution in [0.2, 0.25) is 0 Å². The Morgan fingerprint density at radius 2 is 2.16 bits per heavy atom. The zero-order valence-electron chi connectivity index (χ0n) is 11.7. The average Bonchev–Trinajstić information content (AvgIpc) is 2.93. The molecule has 5 atom stereocenters. The van der Waals surface area contributed by atoms with Gasteiger partial charge in [-0.05, 0) is 38.0 Å². The van der Waals surface area contributed by atoms with Crippen molar-refractivity contribution in [1.82, 2.24) is 5.32 Å². The molecule has 0 aromatic carbocycles. The van der Waals surface area contributed by atoms with Gasteiger partial charge in [0.1, 0.15) is 4.75 Å². The first-order valence-electron chi connectivity index (χ1n) is 7.16. The number of nitrogens with one attached hydrogen (secondary N) is 1. The fraction of sp³-hybridized carbons (Fsp3) is 0.857. The number of hydrogen-bond acceptors (Lipinski definition) is 4. The fourth-order valence-corrected chi connectivity index (χ4v) is 4.62. The Hall–Kier alpha value is -0.550. The van der Waals surface area contributed by atoms with Gasteiger partial charge in [-0.2, -0.15) is 0 Å². The molecular weight excluding hydrogens is 260 g/mol. The van der Waals surface area contributed by atoms with Gasteiger partial charge in [0.25, 0.3) is 0 Å². The van der Waals surface area contributed by atoms with Crippen LogP contribution in [0.15, 0.2) is 4.99 Å². The molecule has 0 spiro atoms. The fourth-order valence-electron chi connectivity index (χ4n) is 3.51. The lowest BCUT2D eigenvalue weighted by Crippen LogP contribution is -2.38. The van der Waals surface area contributed by atoms with Gasteiger partial charge in [-0.3, -0.25) is 9.79 Å². The molecule has 1 unspecified atom stereocenters. The summed E-state index contributed by atoms with van der Waals surface area (Å²) in [6.45, 7) is 6.11. The largest absolute Gasteiger partial charge is 0.393 e. The Balaban J connectivity index is 1.75. The van der Waals surface area contributed by atoms with E-state index in [0.29, 0.717) is 11.8 Å². The number of amides is 1. The molecule has 2 saturated carbocycles. The number of nitrogens with zero attached hydrogens (tertiary/aromatic N) is 1. The quantitative estimate of drug-likeness (QED) is 0.811. The van der Waals surface area contributed by atoms with Gasteiger partial charge in [0.15, 0.2) is 5.17 Å². The van der Waals surface area contributed by atoms with Gasteiger partial charge >= 0.3 is 0 Å². The molecule has 1 saturated heterocycles. The molecule has 2 bridgehead atoms. The molecule has 3 aliphatic rings. The second-order valence-electron chi connectivity index (χ2n) is 6.62. The van der Waals surface area contributed by atoms with Gasteiger partial charge in [-0.1, -0.05) is 25.6 Å². The lowest BCUT2D eigenvalue weighted by molar-refractivity contribution is -0.122. The molecule has 4 nitrogen and oxygen atoms in total. The predicted molar refractivity (Wildman–Crippen MR) is 77.0 cm³/mol. The Morgan fingerprint density at radius 3 is 2.68 bits per heavy atom. The molecule has 3 rings (SSSR count). The summed E-state index contributed by atoms with van der Waals surface area (Å²) in [5.41, 5.74) is 0. The van der Waals surface area contributed by atoms with Crippen molar-refractivity contribution in [2.75, 3.05) is 0 Å². The van der Waals surface area contributed by atoms with E-state index in [0.717, 1.165) is 24.4 Å². The van der Waals surface area contributed by atoms with E-state index < -0.39 is 4.75 Å². The number of amidine groups is 1. The van der Waals surface area contributed by atoms with Crippen LogP contribution in [0, 0.1) is 17.8 Å². The minimum atomic E-state index is -0.408. The Bertz CT molecular complexity index is 437. The van der Waals surface area contributed by atoms with Crippen LogP contribution in [0.25, 0.3) is 0 Å². The maximum absolute atomic E-state index is 12.1. The number of rotatable bonds is 2. The molecule has 5 heteroatoms. The number of aliphatic hydroxyl groups excluding tert-OH is 1. The lowest BCUT2D eigenvalue weighted by Gasteiger charge is -2.24. The van der Waals surface area contributed by atoms with Crippen molar-refractivity contribution in [1.29, 1.82) is 0 Å². The van der Waals surface area contributed by atoms with Crippen molar-refractivity contribution < 1.29 is 9.90 Å². The molecule has 1 aliphatic heterocycles. The maximum Gasteiger partial charge on any atom is 0.242 e. The van der Waals surface area contributed by atoms with Gasteiger partial charge in [-0.25, -0.2) is 0 Å². The van der Waals surface area contributed by atoms with Crippen LogP contribution in [0.5, 0.6) is 0 Å². The van der Waals surface area contributed by atoms with Crippen molar-refractivity contribution in [2.45, 2.75) is 56.9 Å². The van der Waals surface area contributed by atoms with Crippen LogP contribution in [-0.2, 0) is 4.79 Å². The highest BCUT2D eigenvalue weighted by atomic mass is 32.2. The topological polar surface area (TPSA) is 61.7 Å². The number of hydrogen-bond donors (Lipinski definition) is 2. The smallest absolute Gasteiger partial charge is 0.242 e. The summed E-state index contributed by atoms with van der Waals surface area (Å²) >= 11 is 1.55. The second-order valence-corrected chi connectivity index (χ2v) is 8.06. The van der Waals surface area contributed by atoms with Crippen molar-refractivity contribution in [2.24, 2.45) is 22.7 Å². The number of carbonyl (C=O) groups excluding carboxylic acids is 1. The number of aliphatic imine (C=N–C) groups is 1. The van der Waals surface area contributed by atoms with Crippen LogP contribution >= 0.6 is 11.8 Å². The Labute approximate surface area is 118 Å². The standard InChI is InChI=1S/C14H22N2O2S/c1-7(2)14(3)12(18)16-13(19-14)15-10-5-8-4-9(10)11(17)6-8/h7-11,17H,4-6H2,1-3H3,(H,15,16,18)/t8-,9+,10-,11?,14-/m0/s1. The van der Waals surface area contributed by atoms with Gasteiger partial charge in [0, 0.05) is 5.92 Å². The van der Waals surface area contributed by atoms with Crippen LogP contribution in [0.4, 0.5) is 0 Å². The summed E-state index contributed by atoms with van der Waals surface area (Å²) in [6.07, 6.45) is 2.92. The first kappa shape index (κ1) is 13.4. The third kappa shape index (κ3) is 2.11. The molecule has 0 radical (unpaired) electrons. The number of aliphatic hydroxyl groups is 1. The molecule has 0 aromatic rings. The van der Waals surface area contributed by atoms with E-state index in [4.69, 9.17) is 4.99 Å². The second kappa shape index (κ2) is 4.48. The summed E-state index contributed by atoms with van der Waals surface area (Å²) in [4.78, 5) is 16.8. The first-order valence-corrected chi connectivity index (χ1v) is 7.98. The molecule has 106 valence electrons. The molecule has 2 aliphatic carbocycles. The van der Waals surface area contributed by atoms with Gasteiger partial charge < -0.3 is 10.4 Å². The Kier molecular flexibility index (Phi) is 3.17. The van der Waals surface area contributed by atoms with Crippen LogP contribution < -0.4 is 5.32 Å². The summed E-state index contributed by atoms with van der Waals surface area (Å²) in [5, 5.41) is 13.6. The third-order valence-corrected chi connectivity index (χ3v) is 6.59. The summed E-state index contributed by atoms with van der Waals surface area (Å²) in [6, 6.07) is 0.200. The summed E-state index contributed by atoms with van der Waals surface area (Å²) in [7, 11) is 0. The number of fused-ring (bicyclic) bond motifs is 2. The minimum Gasteiger partial charge on any atom is -0.393 e. The zero-order chi connectivity index (χ0) is 13.8. The van der Waals surface area contributed by atoms with E-state index >= 15 is 0 Å². The van der Waals surface area contributed by atoms with Crippen molar-refractivity contribution >= 4 is 22.8 Å². The highest BCUT2D eigenvalue weighted by Crippen LogP contribution is 2.47. The molecular formula is C14H22N2O2S. The van der Waals surface area contributed by atoms with Gasteiger partial charge in [0.2, 0.25) is 5.91 Å². The molecule has 1 amide bonds. The van der Waals surface area contributed by atoms with E-state index in [1.54, 1.807) is 11.8 Å². The molecule has 0 aromatic heterocycles. The van der Waals surface area contributed by atoms with Gasteiger partial charge in [0.05, 0.1) is 12.1 Å². The highest BCUT2D eigenvalue weighted by molar-refractivity contribution is 8.16. The minimum absolute atomic E-state index is 0.0648. The van der Waals surface area contributed by atoms with Crippen LogP contribution in [0.3, 0.4) is 0 Å². The zero-order valence-corrected chi connectivity index (χ0v) is 12.5. The average molecular weight is 282 g/mol. The van der Waals surface area contributed by atoms with E-state index in [2.05, 4.69) is 19.2 Å². The van der Waals surface area contributed by atoms with Crippen LogP contribution in [0.1, 0.15) is 40.0 Å². The highest BCUT2D eigenvalue weighted by Gasteiger charge is 2.48. The molecule has 1 heterocycles. The number of carbonyl (C=O) groups is 1. The predicted octanol–water partition coefficient (Wildman–Crippen LogP) is 1.78. The number of thioether (sulfide) groups is 1. The monoisotopic (exact) mass is 282 g/mol. The van der Waals surface area contributed by atoms with Gasteiger partial charge in [-0.15, -0.1) is 0 Å². The summed E-state index contributed by atoms with van der Waals surface area (Å²) in [5.74, 6) is 1.28. The van der Waals surface area contributed by atoms with Crippen LogP contribution in [-0.4, -0.2) is 33.1 Å². The SMILES string of the molecule is CC(C)[C@]1(C)SC(=N[C@H]2C[C@H]3CC(O)[C@@H]2C3)NC1=O. The van der Waals surface area contributed by atoms with E-state index in [-0.39, 0.29) is 24.0 Å².